The van der Waals surface area contributed by atoms with E-state index in [0.29, 0.717) is 0 Å². The zero-order chi connectivity index (χ0) is 6.24. The van der Waals surface area contributed by atoms with Crippen LogP contribution < -0.4 is 0 Å². The minimum Gasteiger partial charge on any atom is -0.211 e. The summed E-state index contributed by atoms with van der Waals surface area (Å²) in [4.78, 5) is 12.7. The predicted molar refractivity (Wildman–Crippen MR) is 31.9 cm³/mol. The molecule has 0 aromatic heterocycles. The quantitative estimate of drug-likeness (QED) is 0.309. The summed E-state index contributed by atoms with van der Waals surface area (Å²) in [6.07, 6.45) is 4.59. The van der Waals surface area contributed by atoms with E-state index in [-0.39, 0.29) is 0 Å². The highest BCUT2D eigenvalue weighted by Crippen LogP contribution is 1.96. The Morgan fingerprint density at radius 2 is 2.50 bits per heavy atom. The molecule has 0 atom stereocenters. The van der Waals surface area contributed by atoms with Gasteiger partial charge in [-0.15, -0.1) is 0 Å². The van der Waals surface area contributed by atoms with Crippen molar-refractivity contribution >= 4 is 6.08 Å². The number of isocyanates is 1. The number of hydrogen-bond acceptors (Lipinski definition) is 2. The zero-order valence-corrected chi connectivity index (χ0v) is 5.05. The van der Waals surface area contributed by atoms with Crippen LogP contribution in [0.5, 0.6) is 0 Å². The first-order valence-electron chi connectivity index (χ1n) is 2.80. The molecule has 0 aromatic rings. The second-order valence-corrected chi connectivity index (χ2v) is 1.55. The summed E-state index contributed by atoms with van der Waals surface area (Å²) in [5.74, 6) is 0. The van der Waals surface area contributed by atoms with Crippen molar-refractivity contribution in [3.63, 3.8) is 0 Å². The lowest BCUT2D eigenvalue weighted by Gasteiger charge is -1.85. The third-order valence-corrected chi connectivity index (χ3v) is 0.831. The molecule has 0 unspecified atom stereocenters. The van der Waals surface area contributed by atoms with Crippen molar-refractivity contribution in [3.05, 3.63) is 6.54 Å². The van der Waals surface area contributed by atoms with Gasteiger partial charge < -0.3 is 0 Å². The molecule has 45 valence electrons. The van der Waals surface area contributed by atoms with Crippen molar-refractivity contribution in [1.82, 2.24) is 0 Å². The van der Waals surface area contributed by atoms with E-state index in [0.717, 1.165) is 19.3 Å². The van der Waals surface area contributed by atoms with Crippen molar-refractivity contribution in [2.24, 2.45) is 4.99 Å². The van der Waals surface area contributed by atoms with Crippen molar-refractivity contribution in [3.8, 4) is 0 Å². The van der Waals surface area contributed by atoms with E-state index in [2.05, 4.69) is 11.9 Å². The molecule has 0 saturated carbocycles. The van der Waals surface area contributed by atoms with Crippen LogP contribution in [-0.4, -0.2) is 6.08 Å². The monoisotopic (exact) mass is 112 g/mol. The van der Waals surface area contributed by atoms with Gasteiger partial charge in [0, 0.05) is 0 Å². The first kappa shape index (κ1) is 7.38. The molecule has 0 aromatic carbocycles. The minimum absolute atomic E-state index is 0.895. The van der Waals surface area contributed by atoms with E-state index in [1.54, 1.807) is 6.54 Å². The SMILES string of the molecule is CCCC[CH]N=C=O. The Balaban J connectivity index is 2.82. The smallest absolute Gasteiger partial charge is 0.211 e. The van der Waals surface area contributed by atoms with Gasteiger partial charge in [-0.1, -0.05) is 19.8 Å². The summed E-state index contributed by atoms with van der Waals surface area (Å²) in [5.41, 5.74) is 0. The highest BCUT2D eigenvalue weighted by Gasteiger charge is 1.80. The minimum atomic E-state index is 0.895. The highest BCUT2D eigenvalue weighted by atomic mass is 16.1. The summed E-state index contributed by atoms with van der Waals surface area (Å²) in [7, 11) is 0. The van der Waals surface area contributed by atoms with Gasteiger partial charge in [0.25, 0.3) is 0 Å². The molecule has 0 aliphatic carbocycles. The van der Waals surface area contributed by atoms with Crippen LogP contribution in [0.25, 0.3) is 0 Å². The van der Waals surface area contributed by atoms with Gasteiger partial charge in [-0.25, -0.2) is 9.79 Å². The maximum absolute atomic E-state index is 9.45. The predicted octanol–water partition coefficient (Wildman–Crippen LogP) is 1.67. The second kappa shape index (κ2) is 6.38. The van der Waals surface area contributed by atoms with Gasteiger partial charge in [0.1, 0.15) is 0 Å². The molecule has 0 aliphatic heterocycles. The van der Waals surface area contributed by atoms with Gasteiger partial charge in [0.2, 0.25) is 6.08 Å². The molecule has 8 heavy (non-hydrogen) atoms. The largest absolute Gasteiger partial charge is 0.235 e. The van der Waals surface area contributed by atoms with Gasteiger partial charge in [-0.05, 0) is 6.42 Å². The fourth-order valence-corrected chi connectivity index (χ4v) is 0.397. The molecule has 0 spiro atoms. The summed E-state index contributed by atoms with van der Waals surface area (Å²) < 4.78 is 0. The molecule has 0 aliphatic rings. The molecular formula is C6H10NO. The van der Waals surface area contributed by atoms with Crippen LogP contribution in [0.15, 0.2) is 4.99 Å². The fourth-order valence-electron chi connectivity index (χ4n) is 0.397. The van der Waals surface area contributed by atoms with Gasteiger partial charge in [0.15, 0.2) is 0 Å². The van der Waals surface area contributed by atoms with Gasteiger partial charge in [-0.2, -0.15) is 0 Å². The Hall–Kier alpha value is -0.620. The fraction of sp³-hybridized carbons (Fsp3) is 0.667. The van der Waals surface area contributed by atoms with E-state index in [9.17, 15) is 4.79 Å². The molecule has 0 amide bonds. The summed E-state index contributed by atoms with van der Waals surface area (Å²) in [6.45, 7) is 3.69. The third-order valence-electron chi connectivity index (χ3n) is 0.831. The van der Waals surface area contributed by atoms with Gasteiger partial charge >= 0.3 is 0 Å². The average molecular weight is 112 g/mol. The molecule has 0 rings (SSSR count). The van der Waals surface area contributed by atoms with E-state index in [1.165, 1.54) is 6.08 Å². The Morgan fingerprint density at radius 1 is 1.75 bits per heavy atom. The van der Waals surface area contributed by atoms with E-state index in [1.807, 2.05) is 0 Å². The number of aliphatic imine (C=N–C) groups is 1. The van der Waals surface area contributed by atoms with Crippen LogP contribution in [0.3, 0.4) is 0 Å². The van der Waals surface area contributed by atoms with Crippen molar-refractivity contribution in [2.75, 3.05) is 0 Å². The molecule has 0 fully saturated rings. The molecular weight excluding hydrogens is 102 g/mol. The Morgan fingerprint density at radius 3 is 3.00 bits per heavy atom. The van der Waals surface area contributed by atoms with Gasteiger partial charge in [-0.3, -0.25) is 0 Å². The zero-order valence-electron chi connectivity index (χ0n) is 5.05. The third kappa shape index (κ3) is 5.38. The van der Waals surface area contributed by atoms with Crippen LogP contribution in [-0.2, 0) is 4.79 Å². The second-order valence-electron chi connectivity index (χ2n) is 1.55. The van der Waals surface area contributed by atoms with E-state index in [4.69, 9.17) is 0 Å². The molecule has 2 heteroatoms. The van der Waals surface area contributed by atoms with Crippen molar-refractivity contribution < 1.29 is 4.79 Å². The summed E-state index contributed by atoms with van der Waals surface area (Å²) in [5, 5.41) is 0. The number of unbranched alkanes of at least 4 members (excludes halogenated alkanes) is 2. The molecule has 0 saturated heterocycles. The van der Waals surface area contributed by atoms with Crippen molar-refractivity contribution in [2.45, 2.75) is 26.2 Å². The number of carbonyl (C=O) groups excluding carboxylic acids is 1. The van der Waals surface area contributed by atoms with Crippen LogP contribution in [0.1, 0.15) is 26.2 Å². The van der Waals surface area contributed by atoms with Crippen LogP contribution >= 0.6 is 0 Å². The summed E-state index contributed by atoms with van der Waals surface area (Å²) in [6, 6.07) is 0. The molecule has 1 radical (unpaired) electrons. The lowest BCUT2D eigenvalue weighted by molar-refractivity contribution is 0.564. The van der Waals surface area contributed by atoms with Crippen LogP contribution in [0.2, 0.25) is 0 Å². The van der Waals surface area contributed by atoms with Crippen LogP contribution in [0, 0.1) is 6.54 Å². The maximum atomic E-state index is 9.45. The molecule has 0 heterocycles. The van der Waals surface area contributed by atoms with E-state index < -0.39 is 0 Å². The number of hydrogen-bond donors (Lipinski definition) is 0. The lowest BCUT2D eigenvalue weighted by atomic mass is 10.3. The average Bonchev–Trinajstić information content (AvgIpc) is 1.81. The first-order chi connectivity index (χ1) is 3.91. The highest BCUT2D eigenvalue weighted by molar-refractivity contribution is 5.33. The van der Waals surface area contributed by atoms with E-state index >= 15 is 0 Å². The molecule has 2 nitrogen and oxygen atoms in total. The topological polar surface area (TPSA) is 29.4 Å². The first-order valence-corrected chi connectivity index (χ1v) is 2.80. The standard InChI is InChI=1S/C6H10NO/c1-2-3-4-5-7-6-8/h5H,2-4H2,1H3. The maximum Gasteiger partial charge on any atom is 0.235 e. The molecule has 0 bridgehead atoms. The number of nitrogens with zero attached hydrogens (tertiary/aromatic N) is 1. The lowest BCUT2D eigenvalue weighted by Crippen LogP contribution is -1.70. The normalized spacial score (nSPS) is 8.12. The molecule has 0 N–H and O–H groups in total. The number of rotatable bonds is 4. The Labute approximate surface area is 49.6 Å². The Kier molecular flexibility index (Phi) is 5.89. The van der Waals surface area contributed by atoms with Crippen molar-refractivity contribution in [1.29, 1.82) is 0 Å². The Bertz CT molecular complexity index is 84.5. The summed E-state index contributed by atoms with van der Waals surface area (Å²) >= 11 is 0. The van der Waals surface area contributed by atoms with Gasteiger partial charge in [0.05, 0.1) is 6.54 Å². The van der Waals surface area contributed by atoms with Crippen LogP contribution in [0.4, 0.5) is 0 Å².